The molecule has 8 heteroatoms. The monoisotopic (exact) mass is 398 g/mol. The summed E-state index contributed by atoms with van der Waals surface area (Å²) in [7, 11) is -2.15. The van der Waals surface area contributed by atoms with Crippen LogP contribution in [0.15, 0.2) is 27.6 Å². The van der Waals surface area contributed by atoms with Crippen molar-refractivity contribution in [3.63, 3.8) is 0 Å². The van der Waals surface area contributed by atoms with E-state index in [0.717, 1.165) is 19.3 Å². The second-order valence-electron chi connectivity index (χ2n) is 4.95. The lowest BCUT2D eigenvalue weighted by Crippen LogP contribution is -2.39. The van der Waals surface area contributed by atoms with E-state index < -0.39 is 10.0 Å². The van der Waals surface area contributed by atoms with Crippen LogP contribution in [0, 0.1) is 5.92 Å². The SMILES string of the molecule is COc1ccc(Br)cc1S(=O)(=O)NC1CCCC1CN.Cl. The van der Waals surface area contributed by atoms with Crippen LogP contribution >= 0.6 is 28.3 Å². The van der Waals surface area contributed by atoms with Crippen molar-refractivity contribution in [3.8, 4) is 5.75 Å². The molecule has 0 radical (unpaired) electrons. The van der Waals surface area contributed by atoms with Crippen LogP contribution in [0.2, 0.25) is 0 Å². The first kappa shape index (κ1) is 18.7. The second-order valence-corrected chi connectivity index (χ2v) is 7.55. The zero-order valence-electron chi connectivity index (χ0n) is 11.7. The molecule has 0 aromatic heterocycles. The Hall–Kier alpha value is -0.340. The number of rotatable bonds is 5. The topological polar surface area (TPSA) is 81.4 Å². The molecule has 0 amide bonds. The summed E-state index contributed by atoms with van der Waals surface area (Å²) in [5, 5.41) is 0. The quantitative estimate of drug-likeness (QED) is 0.796. The van der Waals surface area contributed by atoms with E-state index in [1.807, 2.05) is 0 Å². The Balaban J connectivity index is 0.00000220. The summed E-state index contributed by atoms with van der Waals surface area (Å²) in [6, 6.07) is 4.84. The zero-order chi connectivity index (χ0) is 14.8. The van der Waals surface area contributed by atoms with Crippen molar-refractivity contribution in [2.75, 3.05) is 13.7 Å². The fourth-order valence-corrected chi connectivity index (χ4v) is 4.64. The molecular weight excluding hydrogens is 380 g/mol. The third-order valence-corrected chi connectivity index (χ3v) is 5.69. The van der Waals surface area contributed by atoms with E-state index in [1.54, 1.807) is 18.2 Å². The van der Waals surface area contributed by atoms with Gasteiger partial charge in [0.15, 0.2) is 0 Å². The molecule has 120 valence electrons. The number of sulfonamides is 1. The van der Waals surface area contributed by atoms with Gasteiger partial charge in [0.2, 0.25) is 10.0 Å². The second kappa shape index (κ2) is 7.78. The van der Waals surface area contributed by atoms with Gasteiger partial charge in [0.05, 0.1) is 7.11 Å². The first-order valence-electron chi connectivity index (χ1n) is 6.54. The predicted octanol–water partition coefficient (Wildman–Crippen LogP) is 2.29. The fraction of sp³-hybridized carbons (Fsp3) is 0.538. The number of nitrogens with two attached hydrogens (primary N) is 1. The third-order valence-electron chi connectivity index (χ3n) is 3.68. The Morgan fingerprint density at radius 1 is 1.43 bits per heavy atom. The molecule has 0 heterocycles. The summed E-state index contributed by atoms with van der Waals surface area (Å²) >= 11 is 3.29. The lowest BCUT2D eigenvalue weighted by Gasteiger charge is -2.20. The summed E-state index contributed by atoms with van der Waals surface area (Å²) in [6.45, 7) is 0.503. The molecule has 0 aliphatic heterocycles. The maximum Gasteiger partial charge on any atom is 0.244 e. The molecular formula is C13H20BrClN2O3S. The van der Waals surface area contributed by atoms with Gasteiger partial charge in [-0.3, -0.25) is 0 Å². The van der Waals surface area contributed by atoms with Gasteiger partial charge in [-0.2, -0.15) is 0 Å². The lowest BCUT2D eigenvalue weighted by molar-refractivity contribution is 0.400. The molecule has 3 N–H and O–H groups in total. The molecule has 5 nitrogen and oxygen atoms in total. The van der Waals surface area contributed by atoms with Crippen molar-refractivity contribution in [3.05, 3.63) is 22.7 Å². The van der Waals surface area contributed by atoms with Gasteiger partial charge in [0.25, 0.3) is 0 Å². The molecule has 1 aliphatic carbocycles. The Morgan fingerprint density at radius 2 is 2.14 bits per heavy atom. The van der Waals surface area contributed by atoms with Crippen molar-refractivity contribution in [1.29, 1.82) is 0 Å². The van der Waals surface area contributed by atoms with Crippen LogP contribution in [0.4, 0.5) is 0 Å². The predicted molar refractivity (Wildman–Crippen MR) is 88.4 cm³/mol. The molecule has 21 heavy (non-hydrogen) atoms. The van der Waals surface area contributed by atoms with Crippen molar-refractivity contribution < 1.29 is 13.2 Å². The summed E-state index contributed by atoms with van der Waals surface area (Å²) in [5.41, 5.74) is 5.69. The zero-order valence-corrected chi connectivity index (χ0v) is 14.9. The number of hydrogen-bond donors (Lipinski definition) is 2. The van der Waals surface area contributed by atoms with E-state index in [1.165, 1.54) is 7.11 Å². The fourth-order valence-electron chi connectivity index (χ4n) is 2.60. The highest BCUT2D eigenvalue weighted by molar-refractivity contribution is 9.10. The van der Waals surface area contributed by atoms with E-state index in [2.05, 4.69) is 20.7 Å². The number of hydrogen-bond acceptors (Lipinski definition) is 4. The first-order chi connectivity index (χ1) is 9.47. The van der Waals surface area contributed by atoms with Crippen molar-refractivity contribution in [2.45, 2.75) is 30.2 Å². The van der Waals surface area contributed by atoms with Gasteiger partial charge in [0.1, 0.15) is 10.6 Å². The minimum absolute atomic E-state index is 0. The molecule has 1 aromatic carbocycles. The van der Waals surface area contributed by atoms with Crippen molar-refractivity contribution >= 4 is 38.4 Å². The molecule has 1 saturated carbocycles. The van der Waals surface area contributed by atoms with Gasteiger partial charge in [-0.05, 0) is 43.5 Å². The van der Waals surface area contributed by atoms with Crippen LogP contribution in [0.5, 0.6) is 5.75 Å². The Labute approximate surface area is 140 Å². The van der Waals surface area contributed by atoms with Gasteiger partial charge in [0, 0.05) is 10.5 Å². The maximum atomic E-state index is 12.5. The van der Waals surface area contributed by atoms with Crippen LogP contribution in [0.1, 0.15) is 19.3 Å². The smallest absolute Gasteiger partial charge is 0.244 e. The van der Waals surface area contributed by atoms with Gasteiger partial charge < -0.3 is 10.5 Å². The Bertz CT molecular complexity index is 583. The summed E-state index contributed by atoms with van der Waals surface area (Å²) < 4.78 is 33.7. The third kappa shape index (κ3) is 4.32. The summed E-state index contributed by atoms with van der Waals surface area (Å²) in [5.74, 6) is 0.547. The van der Waals surface area contributed by atoms with E-state index in [4.69, 9.17) is 10.5 Å². The van der Waals surface area contributed by atoms with Crippen LogP contribution in [0.3, 0.4) is 0 Å². The molecule has 1 aromatic rings. The minimum Gasteiger partial charge on any atom is -0.495 e. The van der Waals surface area contributed by atoms with Gasteiger partial charge in [-0.25, -0.2) is 13.1 Å². The van der Waals surface area contributed by atoms with Crippen LogP contribution < -0.4 is 15.2 Å². The van der Waals surface area contributed by atoms with Crippen LogP contribution in [-0.4, -0.2) is 28.1 Å². The lowest BCUT2D eigenvalue weighted by atomic mass is 10.1. The summed E-state index contributed by atoms with van der Waals surface area (Å²) in [4.78, 5) is 0.150. The Morgan fingerprint density at radius 3 is 2.76 bits per heavy atom. The molecule has 2 unspecified atom stereocenters. The highest BCUT2D eigenvalue weighted by Crippen LogP contribution is 2.30. The summed E-state index contributed by atoms with van der Waals surface area (Å²) in [6.07, 6.45) is 2.81. The molecule has 2 atom stereocenters. The maximum absolute atomic E-state index is 12.5. The molecule has 1 aliphatic rings. The van der Waals surface area contributed by atoms with Crippen molar-refractivity contribution in [1.82, 2.24) is 4.72 Å². The standard InChI is InChI=1S/C13H19BrN2O3S.ClH/c1-19-12-6-5-10(14)7-13(12)20(17,18)16-11-4-2-3-9(11)8-15;/h5-7,9,11,16H,2-4,8,15H2,1H3;1H. The number of benzene rings is 1. The van der Waals surface area contributed by atoms with Gasteiger partial charge in [-0.15, -0.1) is 12.4 Å². The van der Waals surface area contributed by atoms with E-state index in [-0.39, 0.29) is 29.3 Å². The van der Waals surface area contributed by atoms with E-state index >= 15 is 0 Å². The number of ether oxygens (including phenoxy) is 1. The minimum atomic E-state index is -3.61. The average molecular weight is 400 g/mol. The van der Waals surface area contributed by atoms with Crippen LogP contribution in [-0.2, 0) is 10.0 Å². The number of nitrogens with one attached hydrogen (secondary N) is 1. The largest absolute Gasteiger partial charge is 0.495 e. The molecule has 0 bridgehead atoms. The molecule has 0 spiro atoms. The first-order valence-corrected chi connectivity index (χ1v) is 8.81. The number of methoxy groups -OCH3 is 1. The van der Waals surface area contributed by atoms with Gasteiger partial charge in [-0.1, -0.05) is 22.4 Å². The molecule has 0 saturated heterocycles. The highest BCUT2D eigenvalue weighted by Gasteiger charge is 2.31. The van der Waals surface area contributed by atoms with Crippen molar-refractivity contribution in [2.24, 2.45) is 11.7 Å². The normalized spacial score (nSPS) is 21.9. The van der Waals surface area contributed by atoms with E-state index in [0.29, 0.717) is 16.8 Å². The average Bonchev–Trinajstić information content (AvgIpc) is 2.85. The van der Waals surface area contributed by atoms with Crippen LogP contribution in [0.25, 0.3) is 0 Å². The van der Waals surface area contributed by atoms with Gasteiger partial charge >= 0.3 is 0 Å². The number of halogens is 2. The molecule has 1 fully saturated rings. The van der Waals surface area contributed by atoms with E-state index in [9.17, 15) is 8.42 Å². The Kier molecular flexibility index (Phi) is 6.93. The molecule has 2 rings (SSSR count). The highest BCUT2D eigenvalue weighted by atomic mass is 79.9.